The fourth-order valence-corrected chi connectivity index (χ4v) is 4.40. The van der Waals surface area contributed by atoms with Gasteiger partial charge in [-0.15, -0.1) is 0 Å². The van der Waals surface area contributed by atoms with Crippen LogP contribution in [0.4, 0.5) is 23.5 Å². The highest BCUT2D eigenvalue weighted by Gasteiger charge is 2.16. The van der Waals surface area contributed by atoms with Crippen molar-refractivity contribution in [3.05, 3.63) is 94.5 Å². The Morgan fingerprint density at radius 3 is 2.46 bits per heavy atom. The average Bonchev–Trinajstić information content (AvgIpc) is 2.93. The van der Waals surface area contributed by atoms with Gasteiger partial charge >= 0.3 is 0 Å². The summed E-state index contributed by atoms with van der Waals surface area (Å²) in [7, 11) is 0. The van der Waals surface area contributed by atoms with Crippen molar-refractivity contribution in [2.24, 2.45) is 5.10 Å². The molecule has 0 radical (unpaired) electrons. The van der Waals surface area contributed by atoms with Gasteiger partial charge in [0.15, 0.2) is 0 Å². The van der Waals surface area contributed by atoms with Crippen LogP contribution in [0.15, 0.2) is 77.9 Å². The van der Waals surface area contributed by atoms with E-state index in [1.807, 2.05) is 66.7 Å². The molecule has 0 spiro atoms. The van der Waals surface area contributed by atoms with Crippen LogP contribution in [-0.4, -0.2) is 39.4 Å². The lowest BCUT2D eigenvalue weighted by Crippen LogP contribution is -2.31. The number of hydrazone groups is 1. The second kappa shape index (κ2) is 11.7. The Hall–Kier alpha value is -4.17. The van der Waals surface area contributed by atoms with Crippen LogP contribution in [-0.2, 0) is 6.42 Å². The lowest BCUT2D eigenvalue weighted by Gasteiger charge is -2.26. The Balaban J connectivity index is 1.35. The number of piperidine rings is 1. The van der Waals surface area contributed by atoms with Crippen LogP contribution < -0.4 is 15.6 Å². The summed E-state index contributed by atoms with van der Waals surface area (Å²) < 4.78 is 0. The van der Waals surface area contributed by atoms with Crippen LogP contribution in [0.2, 0.25) is 5.02 Å². The summed E-state index contributed by atoms with van der Waals surface area (Å²) in [6.07, 6.45) is 5.64. The predicted molar refractivity (Wildman–Crippen MR) is 149 cm³/mol. The van der Waals surface area contributed by atoms with Crippen molar-refractivity contribution in [2.45, 2.75) is 25.7 Å². The number of nitrogens with zero attached hydrogens (tertiary/aromatic N) is 5. The van der Waals surface area contributed by atoms with Crippen LogP contribution >= 0.6 is 11.6 Å². The second-order valence-electron chi connectivity index (χ2n) is 8.85. The summed E-state index contributed by atoms with van der Waals surface area (Å²) in [4.78, 5) is 15.9. The third-order valence-electron chi connectivity index (χ3n) is 6.10. The monoisotopic (exact) mass is 513 g/mol. The van der Waals surface area contributed by atoms with Gasteiger partial charge in [0, 0.05) is 29.4 Å². The highest BCUT2D eigenvalue weighted by molar-refractivity contribution is 6.31. The summed E-state index contributed by atoms with van der Waals surface area (Å²) in [6.45, 7) is 1.81. The summed E-state index contributed by atoms with van der Waals surface area (Å²) in [6, 6.07) is 22.9. The van der Waals surface area contributed by atoms with Crippen molar-refractivity contribution in [1.82, 2.24) is 15.0 Å². The molecular weight excluding hydrogens is 486 g/mol. The first-order valence-electron chi connectivity index (χ1n) is 12.3. The minimum atomic E-state index is 0.129. The maximum absolute atomic E-state index is 10.4. The average molecular weight is 514 g/mol. The molecule has 0 atom stereocenters. The molecule has 8 nitrogen and oxygen atoms in total. The molecule has 1 aromatic heterocycles. The first-order chi connectivity index (χ1) is 18.1. The van der Waals surface area contributed by atoms with E-state index in [0.717, 1.165) is 42.7 Å². The van der Waals surface area contributed by atoms with E-state index in [1.165, 1.54) is 6.42 Å². The van der Waals surface area contributed by atoms with Gasteiger partial charge in [0.05, 0.1) is 6.21 Å². The molecule has 1 fully saturated rings. The van der Waals surface area contributed by atoms with E-state index in [0.29, 0.717) is 34.9 Å². The van der Waals surface area contributed by atoms with E-state index < -0.39 is 0 Å². The zero-order chi connectivity index (χ0) is 25.5. The van der Waals surface area contributed by atoms with Crippen molar-refractivity contribution < 1.29 is 5.11 Å². The number of para-hydroxylation sites is 1. The summed E-state index contributed by atoms with van der Waals surface area (Å²) in [5.41, 5.74) is 6.40. The molecule has 5 rings (SSSR count). The number of phenolic OH excluding ortho intramolecular Hbond substituents is 1. The second-order valence-corrected chi connectivity index (χ2v) is 9.26. The number of anilines is 4. The fraction of sp³-hybridized carbons (Fsp3) is 0.214. The van der Waals surface area contributed by atoms with E-state index >= 15 is 0 Å². The lowest BCUT2D eigenvalue weighted by molar-refractivity contribution is 0.474. The summed E-state index contributed by atoms with van der Waals surface area (Å²) in [5, 5.41) is 18.6. The molecule has 0 unspecified atom stereocenters. The zero-order valence-corrected chi connectivity index (χ0v) is 21.1. The number of rotatable bonds is 8. The molecule has 37 heavy (non-hydrogen) atoms. The first-order valence-corrected chi connectivity index (χ1v) is 12.7. The van der Waals surface area contributed by atoms with E-state index in [-0.39, 0.29) is 5.75 Å². The first kappa shape index (κ1) is 24.5. The Morgan fingerprint density at radius 2 is 1.65 bits per heavy atom. The zero-order valence-electron chi connectivity index (χ0n) is 20.3. The maximum atomic E-state index is 10.4. The molecule has 0 amide bonds. The Morgan fingerprint density at radius 1 is 0.892 bits per heavy atom. The van der Waals surface area contributed by atoms with Crippen molar-refractivity contribution in [3.63, 3.8) is 0 Å². The topological polar surface area (TPSA) is 98.6 Å². The van der Waals surface area contributed by atoms with E-state index in [1.54, 1.807) is 12.3 Å². The summed E-state index contributed by atoms with van der Waals surface area (Å²) in [5.74, 6) is 1.49. The largest absolute Gasteiger partial charge is 0.507 e. The minimum absolute atomic E-state index is 0.129. The number of hydrogen-bond donors (Lipinski definition) is 3. The molecule has 0 saturated carbocycles. The van der Waals surface area contributed by atoms with Gasteiger partial charge in [0.25, 0.3) is 0 Å². The molecule has 1 aliphatic heterocycles. The van der Waals surface area contributed by atoms with Crippen molar-refractivity contribution in [1.29, 1.82) is 0 Å². The van der Waals surface area contributed by atoms with Gasteiger partial charge in [-0.1, -0.05) is 54.1 Å². The SMILES string of the molecule is Oc1ccc(Cc2ccccc2Cl)cc1/C=N\Nc1nc(Nc2ccccc2)nc(N2CCCCC2)n1. The molecule has 1 aliphatic rings. The molecule has 3 N–H and O–H groups in total. The highest BCUT2D eigenvalue weighted by atomic mass is 35.5. The number of benzene rings is 3. The van der Waals surface area contributed by atoms with Gasteiger partial charge in [-0.3, -0.25) is 0 Å². The van der Waals surface area contributed by atoms with Gasteiger partial charge < -0.3 is 15.3 Å². The number of aromatic nitrogens is 3. The molecule has 4 aromatic rings. The summed E-state index contributed by atoms with van der Waals surface area (Å²) >= 11 is 6.32. The molecule has 2 heterocycles. The molecule has 9 heteroatoms. The van der Waals surface area contributed by atoms with Crippen LogP contribution in [0.1, 0.15) is 36.0 Å². The molecule has 1 saturated heterocycles. The number of nitrogens with one attached hydrogen (secondary N) is 2. The van der Waals surface area contributed by atoms with E-state index in [4.69, 9.17) is 11.6 Å². The molecular formula is C28H28ClN7O. The standard InChI is InChI=1S/C28H28ClN7O/c29-24-12-6-5-9-21(24)17-20-13-14-25(37)22(18-20)19-30-35-27-32-26(31-23-10-3-1-4-11-23)33-28(34-27)36-15-7-2-8-16-36/h1,3-6,9-14,18-19,37H,2,7-8,15-17H2,(H2,31,32,33,34,35)/b30-19-. The smallest absolute Gasteiger partial charge is 0.250 e. The number of halogens is 1. The highest BCUT2D eigenvalue weighted by Crippen LogP contribution is 2.23. The van der Waals surface area contributed by atoms with Crippen LogP contribution in [0.25, 0.3) is 0 Å². The van der Waals surface area contributed by atoms with Gasteiger partial charge in [0.2, 0.25) is 17.8 Å². The minimum Gasteiger partial charge on any atom is -0.507 e. The molecule has 0 bridgehead atoms. The fourth-order valence-electron chi connectivity index (χ4n) is 4.20. The molecule has 188 valence electrons. The van der Waals surface area contributed by atoms with Gasteiger partial charge in [-0.05, 0) is 67.1 Å². The van der Waals surface area contributed by atoms with E-state index in [2.05, 4.69) is 35.7 Å². The van der Waals surface area contributed by atoms with Gasteiger partial charge in [-0.25, -0.2) is 5.43 Å². The number of phenols is 1. The van der Waals surface area contributed by atoms with Crippen LogP contribution in [0.3, 0.4) is 0 Å². The molecule has 0 aliphatic carbocycles. The number of aromatic hydroxyl groups is 1. The predicted octanol–water partition coefficient (Wildman–Crippen LogP) is 6.00. The third kappa shape index (κ3) is 6.54. The Kier molecular flexibility index (Phi) is 7.76. The quantitative estimate of drug-likeness (QED) is 0.196. The molecule has 3 aromatic carbocycles. The Labute approximate surface area is 221 Å². The lowest BCUT2D eigenvalue weighted by atomic mass is 10.0. The Bertz CT molecular complexity index is 1370. The van der Waals surface area contributed by atoms with Crippen molar-refractivity contribution in [2.75, 3.05) is 28.7 Å². The van der Waals surface area contributed by atoms with Gasteiger partial charge in [0.1, 0.15) is 5.75 Å². The number of hydrogen-bond acceptors (Lipinski definition) is 8. The van der Waals surface area contributed by atoms with Crippen molar-refractivity contribution >= 4 is 41.3 Å². The third-order valence-corrected chi connectivity index (χ3v) is 6.47. The van der Waals surface area contributed by atoms with Gasteiger partial charge in [-0.2, -0.15) is 20.1 Å². The van der Waals surface area contributed by atoms with E-state index in [9.17, 15) is 5.11 Å². The normalized spacial score (nSPS) is 13.6. The maximum Gasteiger partial charge on any atom is 0.250 e. The van der Waals surface area contributed by atoms with Crippen LogP contribution in [0, 0.1) is 0 Å². The van der Waals surface area contributed by atoms with Crippen molar-refractivity contribution in [3.8, 4) is 5.75 Å². The van der Waals surface area contributed by atoms with Crippen LogP contribution in [0.5, 0.6) is 5.75 Å².